The Morgan fingerprint density at radius 1 is 0.889 bits per heavy atom. The summed E-state index contributed by atoms with van der Waals surface area (Å²) in [5, 5.41) is 24.0. The molecule has 0 aromatic rings. The van der Waals surface area contributed by atoms with E-state index in [2.05, 4.69) is 0 Å². The maximum absolute atomic E-state index is 8.17. The monoisotopic (exact) mass is 161 g/mol. The second-order valence-corrected chi connectivity index (χ2v) is 1.02. The Labute approximate surface area is 121 Å². The van der Waals surface area contributed by atoms with E-state index in [1.165, 1.54) is 0 Å². The maximum atomic E-state index is 8.17. The standard InChI is InChI=1S/C3H8O3.3Na/c4-1-3(6)2-5;;;/h3-6H,1-2H2;;;. The SMILES string of the molecule is OCC(O)CO.[Na].[Na].[Na]. The molecule has 3 radical (unpaired) electrons. The topological polar surface area (TPSA) is 60.7 Å². The molecule has 9 heavy (non-hydrogen) atoms. The molecule has 0 atom stereocenters. The van der Waals surface area contributed by atoms with E-state index in [-0.39, 0.29) is 102 Å². The van der Waals surface area contributed by atoms with E-state index in [1.807, 2.05) is 0 Å². The Kier molecular flexibility index (Phi) is 43.0. The Morgan fingerprint density at radius 3 is 1.11 bits per heavy atom. The van der Waals surface area contributed by atoms with Crippen molar-refractivity contribution in [3.63, 3.8) is 0 Å². The van der Waals surface area contributed by atoms with E-state index in [9.17, 15) is 0 Å². The number of aliphatic hydroxyl groups excluding tert-OH is 3. The number of aliphatic hydroxyl groups is 3. The van der Waals surface area contributed by atoms with Crippen molar-refractivity contribution in [3.8, 4) is 0 Å². The van der Waals surface area contributed by atoms with Gasteiger partial charge < -0.3 is 15.3 Å². The Bertz CT molecular complexity index is 33.5. The molecule has 0 fully saturated rings. The van der Waals surface area contributed by atoms with Crippen LogP contribution >= 0.6 is 0 Å². The minimum Gasteiger partial charge on any atom is -0.394 e. The van der Waals surface area contributed by atoms with Crippen LogP contribution in [0, 0.1) is 0 Å². The molecule has 3 N–H and O–H groups in total. The summed E-state index contributed by atoms with van der Waals surface area (Å²) in [5.41, 5.74) is 0. The third-order valence-electron chi connectivity index (χ3n) is 0.421. The summed E-state index contributed by atoms with van der Waals surface area (Å²) in [6.07, 6.45) is -0.954. The van der Waals surface area contributed by atoms with Gasteiger partial charge in [0.1, 0.15) is 6.10 Å². The van der Waals surface area contributed by atoms with Gasteiger partial charge >= 0.3 is 0 Å². The van der Waals surface area contributed by atoms with Gasteiger partial charge in [-0.1, -0.05) is 0 Å². The minimum atomic E-state index is -0.954. The molecule has 0 spiro atoms. The van der Waals surface area contributed by atoms with Crippen LogP contribution in [-0.4, -0.2) is 123 Å². The van der Waals surface area contributed by atoms with Crippen LogP contribution in [0.1, 0.15) is 0 Å². The smallest absolute Gasteiger partial charge is 0.100 e. The summed E-state index contributed by atoms with van der Waals surface area (Å²) in [5.74, 6) is 0. The average molecular weight is 161 g/mol. The molecule has 0 aliphatic carbocycles. The van der Waals surface area contributed by atoms with Crippen LogP contribution in [-0.2, 0) is 0 Å². The summed E-state index contributed by atoms with van der Waals surface area (Å²) < 4.78 is 0. The number of hydrogen-bond donors (Lipinski definition) is 3. The predicted octanol–water partition coefficient (Wildman–Crippen LogP) is -2.81. The molecule has 0 bridgehead atoms. The van der Waals surface area contributed by atoms with E-state index >= 15 is 0 Å². The van der Waals surface area contributed by atoms with Crippen molar-refractivity contribution in [2.75, 3.05) is 13.2 Å². The van der Waals surface area contributed by atoms with Gasteiger partial charge in [0.15, 0.2) is 0 Å². The average Bonchev–Trinajstić information content (AvgIpc) is 1.65. The maximum Gasteiger partial charge on any atom is 0.100 e. The first-order valence-electron chi connectivity index (χ1n) is 1.71. The molecule has 0 aromatic heterocycles. The van der Waals surface area contributed by atoms with Gasteiger partial charge in [0, 0.05) is 88.7 Å². The fraction of sp³-hybridized carbons (Fsp3) is 1.00. The zero-order valence-electron chi connectivity index (χ0n) is 6.33. The van der Waals surface area contributed by atoms with Crippen LogP contribution in [0.25, 0.3) is 0 Å². The first-order chi connectivity index (χ1) is 2.81. The fourth-order valence-electron chi connectivity index (χ4n) is 0.0577. The predicted molar refractivity (Wildman–Crippen MR) is 37.4 cm³/mol. The van der Waals surface area contributed by atoms with Crippen molar-refractivity contribution in [3.05, 3.63) is 0 Å². The van der Waals surface area contributed by atoms with E-state index < -0.39 is 6.10 Å². The van der Waals surface area contributed by atoms with Crippen molar-refractivity contribution >= 4 is 88.7 Å². The normalized spacial score (nSPS) is 6.67. The Morgan fingerprint density at radius 2 is 1.11 bits per heavy atom. The molecule has 3 nitrogen and oxygen atoms in total. The van der Waals surface area contributed by atoms with Gasteiger partial charge in [-0.25, -0.2) is 0 Å². The van der Waals surface area contributed by atoms with Crippen molar-refractivity contribution in [2.45, 2.75) is 6.10 Å². The van der Waals surface area contributed by atoms with E-state index in [4.69, 9.17) is 15.3 Å². The van der Waals surface area contributed by atoms with Gasteiger partial charge in [0.05, 0.1) is 13.2 Å². The molecule has 6 heteroatoms. The minimum absolute atomic E-state index is 0. The number of hydrogen-bond acceptors (Lipinski definition) is 3. The van der Waals surface area contributed by atoms with Crippen LogP contribution in [0.15, 0.2) is 0 Å². The van der Waals surface area contributed by atoms with Crippen molar-refractivity contribution < 1.29 is 15.3 Å². The fourth-order valence-corrected chi connectivity index (χ4v) is 0.0577. The molecular formula is C3H8Na3O3. The molecule has 41 valence electrons. The van der Waals surface area contributed by atoms with E-state index in [0.717, 1.165) is 0 Å². The van der Waals surface area contributed by atoms with Crippen molar-refractivity contribution in [1.82, 2.24) is 0 Å². The molecule has 0 heterocycles. The second kappa shape index (κ2) is 17.1. The van der Waals surface area contributed by atoms with Crippen LogP contribution in [0.5, 0.6) is 0 Å². The summed E-state index contributed by atoms with van der Waals surface area (Å²) in [6.45, 7) is -0.729. The largest absolute Gasteiger partial charge is 0.394 e. The Hall–Kier alpha value is 2.88. The molecule has 0 aromatic carbocycles. The van der Waals surface area contributed by atoms with Crippen LogP contribution in [0.2, 0.25) is 0 Å². The van der Waals surface area contributed by atoms with Crippen LogP contribution in [0.3, 0.4) is 0 Å². The first kappa shape index (κ1) is 22.6. The molecule has 0 saturated heterocycles. The molecule has 0 saturated carbocycles. The van der Waals surface area contributed by atoms with Gasteiger partial charge in [-0.3, -0.25) is 0 Å². The number of rotatable bonds is 2. The molecular weight excluding hydrogens is 153 g/mol. The summed E-state index contributed by atoms with van der Waals surface area (Å²) in [6, 6.07) is 0. The van der Waals surface area contributed by atoms with Gasteiger partial charge in [-0.2, -0.15) is 0 Å². The van der Waals surface area contributed by atoms with Crippen molar-refractivity contribution in [1.29, 1.82) is 0 Å². The quantitative estimate of drug-likeness (QED) is 0.383. The first-order valence-corrected chi connectivity index (χ1v) is 1.71. The van der Waals surface area contributed by atoms with Gasteiger partial charge in [0.25, 0.3) is 0 Å². The molecule has 0 amide bonds. The third kappa shape index (κ3) is 18.1. The summed E-state index contributed by atoms with van der Waals surface area (Å²) in [4.78, 5) is 0. The van der Waals surface area contributed by atoms with E-state index in [0.29, 0.717) is 0 Å². The van der Waals surface area contributed by atoms with Gasteiger partial charge in [-0.05, 0) is 0 Å². The van der Waals surface area contributed by atoms with Crippen molar-refractivity contribution in [2.24, 2.45) is 0 Å². The zero-order valence-corrected chi connectivity index (χ0v) is 12.3. The third-order valence-corrected chi connectivity index (χ3v) is 0.421. The Balaban J connectivity index is -0.0000000417. The zero-order chi connectivity index (χ0) is 4.99. The molecule has 0 rings (SSSR count). The second-order valence-electron chi connectivity index (χ2n) is 1.02. The van der Waals surface area contributed by atoms with Gasteiger partial charge in [0.2, 0.25) is 0 Å². The van der Waals surface area contributed by atoms with Crippen LogP contribution in [0.4, 0.5) is 0 Å². The van der Waals surface area contributed by atoms with Crippen LogP contribution < -0.4 is 0 Å². The molecule has 0 aliphatic heterocycles. The molecule has 0 aliphatic rings. The van der Waals surface area contributed by atoms with E-state index in [1.54, 1.807) is 0 Å². The molecule has 0 unspecified atom stereocenters. The summed E-state index contributed by atoms with van der Waals surface area (Å²) in [7, 11) is 0. The summed E-state index contributed by atoms with van der Waals surface area (Å²) >= 11 is 0. The van der Waals surface area contributed by atoms with Gasteiger partial charge in [-0.15, -0.1) is 0 Å².